The van der Waals surface area contributed by atoms with Crippen LogP contribution in [-0.2, 0) is 0 Å². The zero-order valence-corrected chi connectivity index (χ0v) is 16.8. The number of benzene rings is 4. The van der Waals surface area contributed by atoms with Crippen molar-refractivity contribution < 1.29 is 4.74 Å². The van der Waals surface area contributed by atoms with Gasteiger partial charge in [0.05, 0.1) is 0 Å². The molecule has 0 unspecified atom stereocenters. The van der Waals surface area contributed by atoms with E-state index in [1.807, 2.05) is 42.5 Å². The van der Waals surface area contributed by atoms with Crippen LogP contribution in [0, 0.1) is 0 Å². The normalized spacial score (nSPS) is 10.9. The second-order valence-corrected chi connectivity index (χ2v) is 7.33. The Balaban J connectivity index is 1.56. The summed E-state index contributed by atoms with van der Waals surface area (Å²) in [6.07, 6.45) is 4.31. The van der Waals surface area contributed by atoms with Gasteiger partial charge in [-0.3, -0.25) is 0 Å². The molecule has 0 saturated carbocycles. The third-order valence-electron chi connectivity index (χ3n) is 4.43. The van der Waals surface area contributed by atoms with Crippen LogP contribution in [0.1, 0.15) is 11.1 Å². The highest BCUT2D eigenvalue weighted by atomic mass is 79.9. The highest BCUT2D eigenvalue weighted by Gasteiger charge is 2.04. The van der Waals surface area contributed by atoms with Crippen molar-refractivity contribution in [2.24, 2.45) is 0 Å². The summed E-state index contributed by atoms with van der Waals surface area (Å²) in [4.78, 5) is 0. The molecule has 2 heteroatoms. The summed E-state index contributed by atoms with van der Waals surface area (Å²) in [6, 6.07) is 34.8. The highest BCUT2D eigenvalue weighted by molar-refractivity contribution is 9.10. The van der Waals surface area contributed by atoms with Crippen molar-refractivity contribution in [1.82, 2.24) is 0 Å². The predicted octanol–water partition coefficient (Wildman–Crippen LogP) is 8.08. The molecule has 4 aromatic carbocycles. The van der Waals surface area contributed by atoms with Gasteiger partial charge in [-0.15, -0.1) is 0 Å². The van der Waals surface area contributed by atoms with Crippen LogP contribution >= 0.6 is 15.9 Å². The van der Waals surface area contributed by atoms with Crippen LogP contribution in [0.4, 0.5) is 0 Å². The van der Waals surface area contributed by atoms with Gasteiger partial charge in [-0.25, -0.2) is 0 Å². The van der Waals surface area contributed by atoms with Crippen LogP contribution in [0.2, 0.25) is 0 Å². The molecular formula is C26H19BrO. The Bertz CT molecular complexity index is 1070. The zero-order chi connectivity index (χ0) is 19.2. The molecule has 1 nitrogen and oxygen atoms in total. The lowest BCUT2D eigenvalue weighted by atomic mass is 9.99. The Morgan fingerprint density at radius 3 is 1.89 bits per heavy atom. The third kappa shape index (κ3) is 4.59. The van der Waals surface area contributed by atoms with Gasteiger partial charge in [-0.05, 0) is 58.7 Å². The minimum Gasteiger partial charge on any atom is -0.457 e. The van der Waals surface area contributed by atoms with E-state index < -0.39 is 0 Å². The van der Waals surface area contributed by atoms with Crippen molar-refractivity contribution in [3.8, 4) is 22.6 Å². The Morgan fingerprint density at radius 1 is 0.571 bits per heavy atom. The summed E-state index contributed by atoms with van der Waals surface area (Å²) in [6.45, 7) is 0. The molecule has 4 rings (SSSR count). The van der Waals surface area contributed by atoms with Crippen molar-refractivity contribution in [3.05, 3.63) is 119 Å². The first kappa shape index (κ1) is 18.3. The maximum atomic E-state index is 5.92. The van der Waals surface area contributed by atoms with Gasteiger partial charge in [0.15, 0.2) is 0 Å². The average Bonchev–Trinajstić information content (AvgIpc) is 2.75. The highest BCUT2D eigenvalue weighted by Crippen LogP contribution is 2.29. The second kappa shape index (κ2) is 8.73. The van der Waals surface area contributed by atoms with E-state index in [0.29, 0.717) is 0 Å². The molecule has 0 bridgehead atoms. The average molecular weight is 427 g/mol. The molecule has 0 N–H and O–H groups in total. The van der Waals surface area contributed by atoms with Gasteiger partial charge in [0.1, 0.15) is 11.5 Å². The van der Waals surface area contributed by atoms with Crippen LogP contribution < -0.4 is 4.74 Å². The summed E-state index contributed by atoms with van der Waals surface area (Å²) in [5.74, 6) is 1.64. The Labute approximate surface area is 174 Å². The lowest BCUT2D eigenvalue weighted by Crippen LogP contribution is -1.86. The maximum Gasteiger partial charge on any atom is 0.127 e. The predicted molar refractivity (Wildman–Crippen MR) is 121 cm³/mol. The Morgan fingerprint density at radius 2 is 1.18 bits per heavy atom. The molecule has 136 valence electrons. The molecule has 0 fully saturated rings. The molecule has 0 aliphatic heterocycles. The minimum absolute atomic E-state index is 0.821. The molecule has 4 aromatic rings. The largest absolute Gasteiger partial charge is 0.457 e. The van der Waals surface area contributed by atoms with E-state index >= 15 is 0 Å². The Kier molecular flexibility index (Phi) is 5.69. The molecule has 0 heterocycles. The van der Waals surface area contributed by atoms with Gasteiger partial charge >= 0.3 is 0 Å². The van der Waals surface area contributed by atoms with E-state index in [2.05, 4.69) is 88.7 Å². The standard InChI is InChI=1S/C26H19BrO/c27-23-14-18-25(19-15-23)28-24-16-12-22(13-17-24)26-9-5-4-8-21(26)11-10-20-6-2-1-3-7-20/h1-19H. The van der Waals surface area contributed by atoms with Gasteiger partial charge in [0.2, 0.25) is 0 Å². The van der Waals surface area contributed by atoms with Crippen LogP contribution in [-0.4, -0.2) is 0 Å². The molecule has 0 aliphatic rings. The number of ether oxygens (including phenoxy) is 1. The molecule has 0 aliphatic carbocycles. The van der Waals surface area contributed by atoms with Gasteiger partial charge in [-0.1, -0.05) is 94.8 Å². The van der Waals surface area contributed by atoms with Crippen LogP contribution in [0.15, 0.2) is 108 Å². The van der Waals surface area contributed by atoms with Crippen molar-refractivity contribution in [2.45, 2.75) is 0 Å². The van der Waals surface area contributed by atoms with Gasteiger partial charge in [0.25, 0.3) is 0 Å². The van der Waals surface area contributed by atoms with Gasteiger partial charge < -0.3 is 4.74 Å². The van der Waals surface area contributed by atoms with Crippen molar-refractivity contribution in [3.63, 3.8) is 0 Å². The van der Waals surface area contributed by atoms with E-state index in [0.717, 1.165) is 21.5 Å². The second-order valence-electron chi connectivity index (χ2n) is 6.41. The molecule has 0 saturated heterocycles. The summed E-state index contributed by atoms with van der Waals surface area (Å²) < 4.78 is 6.96. The van der Waals surface area contributed by atoms with Gasteiger partial charge in [-0.2, -0.15) is 0 Å². The van der Waals surface area contributed by atoms with Crippen molar-refractivity contribution in [1.29, 1.82) is 0 Å². The summed E-state index contributed by atoms with van der Waals surface area (Å²) in [5.41, 5.74) is 4.74. The van der Waals surface area contributed by atoms with Crippen molar-refractivity contribution in [2.75, 3.05) is 0 Å². The quantitative estimate of drug-likeness (QED) is 0.293. The first-order chi connectivity index (χ1) is 13.8. The molecule has 0 aromatic heterocycles. The van der Waals surface area contributed by atoms with Crippen LogP contribution in [0.3, 0.4) is 0 Å². The fraction of sp³-hybridized carbons (Fsp3) is 0. The van der Waals surface area contributed by atoms with Crippen molar-refractivity contribution >= 4 is 28.1 Å². The molecule has 0 atom stereocenters. The fourth-order valence-corrected chi connectivity index (χ4v) is 3.26. The Hall–Kier alpha value is -3.10. The lowest BCUT2D eigenvalue weighted by Gasteiger charge is -2.09. The molecular weight excluding hydrogens is 408 g/mol. The number of hydrogen-bond acceptors (Lipinski definition) is 1. The van der Waals surface area contributed by atoms with Gasteiger partial charge in [0, 0.05) is 4.47 Å². The minimum atomic E-state index is 0.821. The molecule has 0 amide bonds. The van der Waals surface area contributed by atoms with Crippen LogP contribution in [0.25, 0.3) is 23.3 Å². The molecule has 0 spiro atoms. The topological polar surface area (TPSA) is 9.23 Å². The first-order valence-electron chi connectivity index (χ1n) is 9.14. The summed E-state index contributed by atoms with van der Waals surface area (Å²) in [7, 11) is 0. The summed E-state index contributed by atoms with van der Waals surface area (Å²) >= 11 is 3.44. The van der Waals surface area contributed by atoms with E-state index in [-0.39, 0.29) is 0 Å². The zero-order valence-electron chi connectivity index (χ0n) is 15.3. The molecule has 28 heavy (non-hydrogen) atoms. The number of halogens is 1. The number of rotatable bonds is 5. The molecule has 0 radical (unpaired) electrons. The van der Waals surface area contributed by atoms with E-state index in [9.17, 15) is 0 Å². The number of hydrogen-bond donors (Lipinski definition) is 0. The smallest absolute Gasteiger partial charge is 0.127 e. The fourth-order valence-electron chi connectivity index (χ4n) is 3.00. The van der Waals surface area contributed by atoms with E-state index in [1.54, 1.807) is 0 Å². The lowest BCUT2D eigenvalue weighted by molar-refractivity contribution is 0.482. The third-order valence-corrected chi connectivity index (χ3v) is 4.96. The SMILES string of the molecule is Brc1ccc(Oc2ccc(-c3ccccc3C=Cc3ccccc3)cc2)cc1. The maximum absolute atomic E-state index is 5.92. The van der Waals surface area contributed by atoms with E-state index in [4.69, 9.17) is 4.74 Å². The monoisotopic (exact) mass is 426 g/mol. The summed E-state index contributed by atoms with van der Waals surface area (Å²) in [5, 5.41) is 0. The van der Waals surface area contributed by atoms with E-state index in [1.165, 1.54) is 16.7 Å². The van der Waals surface area contributed by atoms with Crippen LogP contribution in [0.5, 0.6) is 11.5 Å². The first-order valence-corrected chi connectivity index (χ1v) is 9.93.